The van der Waals surface area contributed by atoms with E-state index in [2.05, 4.69) is 37.9 Å². The van der Waals surface area contributed by atoms with E-state index in [-0.39, 0.29) is 11.5 Å². The molecule has 0 saturated carbocycles. The van der Waals surface area contributed by atoms with Gasteiger partial charge in [-0.3, -0.25) is 9.69 Å². The number of benzene rings is 1. The number of rotatable bonds is 6. The average molecular weight is 280 g/mol. The summed E-state index contributed by atoms with van der Waals surface area (Å²) >= 11 is 0. The molecule has 1 aromatic carbocycles. The van der Waals surface area contributed by atoms with Crippen molar-refractivity contribution >= 4 is 5.91 Å². The molecular weight excluding hydrogens is 255 g/mol. The molecule has 20 heavy (non-hydrogen) atoms. The first-order valence-electron chi connectivity index (χ1n) is 7.13. The first-order chi connectivity index (χ1) is 9.32. The molecule has 0 atom stereocenters. The van der Waals surface area contributed by atoms with E-state index in [1.54, 1.807) is 12.1 Å². The molecule has 1 N–H and O–H groups in total. The zero-order chi connectivity index (χ0) is 15.3. The van der Waals surface area contributed by atoms with Gasteiger partial charge in [0.1, 0.15) is 5.82 Å². The number of halogens is 1. The van der Waals surface area contributed by atoms with Gasteiger partial charge in [0.2, 0.25) is 0 Å². The minimum Gasteiger partial charge on any atom is -0.351 e. The summed E-state index contributed by atoms with van der Waals surface area (Å²) in [6.07, 6.45) is 0. The zero-order valence-corrected chi connectivity index (χ0v) is 13.0. The van der Waals surface area contributed by atoms with Crippen molar-refractivity contribution in [2.45, 2.75) is 46.7 Å². The lowest BCUT2D eigenvalue weighted by molar-refractivity contribution is 0.0935. The lowest BCUT2D eigenvalue weighted by atomic mass is 10.1. The quantitative estimate of drug-likeness (QED) is 0.869. The summed E-state index contributed by atoms with van der Waals surface area (Å²) in [5.74, 6) is -0.823. The van der Waals surface area contributed by atoms with Crippen LogP contribution in [0.25, 0.3) is 0 Å². The Morgan fingerprint density at radius 1 is 1.25 bits per heavy atom. The molecule has 0 spiro atoms. The molecule has 1 aromatic rings. The van der Waals surface area contributed by atoms with Gasteiger partial charge in [0.25, 0.3) is 5.91 Å². The molecule has 0 heterocycles. The molecule has 0 radical (unpaired) electrons. The maximum Gasteiger partial charge on any atom is 0.254 e. The van der Waals surface area contributed by atoms with Crippen LogP contribution in [0.2, 0.25) is 0 Å². The molecule has 0 aliphatic rings. The average Bonchev–Trinajstić information content (AvgIpc) is 2.36. The van der Waals surface area contributed by atoms with Gasteiger partial charge in [0, 0.05) is 25.2 Å². The SMILES string of the molecule is Cc1ccc(F)c(C(=O)NCCN(C(C)C)C(C)C)c1. The fourth-order valence-electron chi connectivity index (χ4n) is 2.32. The van der Waals surface area contributed by atoms with Crippen molar-refractivity contribution in [1.82, 2.24) is 10.2 Å². The van der Waals surface area contributed by atoms with Gasteiger partial charge in [-0.2, -0.15) is 0 Å². The first-order valence-corrected chi connectivity index (χ1v) is 7.13. The van der Waals surface area contributed by atoms with E-state index in [1.165, 1.54) is 6.07 Å². The van der Waals surface area contributed by atoms with Crippen LogP contribution in [0.4, 0.5) is 4.39 Å². The fourth-order valence-corrected chi connectivity index (χ4v) is 2.32. The highest BCUT2D eigenvalue weighted by Crippen LogP contribution is 2.10. The van der Waals surface area contributed by atoms with Crippen molar-refractivity contribution in [3.05, 3.63) is 35.1 Å². The van der Waals surface area contributed by atoms with Crippen LogP contribution in [-0.4, -0.2) is 36.0 Å². The molecule has 0 bridgehead atoms. The van der Waals surface area contributed by atoms with Crippen LogP contribution < -0.4 is 5.32 Å². The van der Waals surface area contributed by atoms with Crippen molar-refractivity contribution in [3.63, 3.8) is 0 Å². The second-order valence-electron chi connectivity index (χ2n) is 5.66. The second kappa shape index (κ2) is 7.39. The van der Waals surface area contributed by atoms with Gasteiger partial charge in [0.15, 0.2) is 0 Å². The molecule has 1 amide bonds. The Hall–Kier alpha value is -1.42. The summed E-state index contributed by atoms with van der Waals surface area (Å²) in [5, 5.41) is 2.79. The largest absolute Gasteiger partial charge is 0.351 e. The predicted octanol–water partition coefficient (Wildman–Crippen LogP) is 2.98. The Morgan fingerprint density at radius 2 is 1.85 bits per heavy atom. The first kappa shape index (κ1) is 16.6. The Balaban J connectivity index is 2.57. The maximum absolute atomic E-state index is 13.6. The van der Waals surface area contributed by atoms with Gasteiger partial charge >= 0.3 is 0 Å². The lowest BCUT2D eigenvalue weighted by Crippen LogP contribution is -2.42. The van der Waals surface area contributed by atoms with Gasteiger partial charge in [-0.15, -0.1) is 0 Å². The van der Waals surface area contributed by atoms with E-state index in [0.29, 0.717) is 18.6 Å². The van der Waals surface area contributed by atoms with Crippen LogP contribution in [0.3, 0.4) is 0 Å². The fraction of sp³-hybridized carbons (Fsp3) is 0.562. The Morgan fingerprint density at radius 3 is 2.40 bits per heavy atom. The van der Waals surface area contributed by atoms with E-state index in [0.717, 1.165) is 12.1 Å². The molecule has 0 saturated heterocycles. The highest BCUT2D eigenvalue weighted by Gasteiger charge is 2.15. The van der Waals surface area contributed by atoms with E-state index < -0.39 is 5.82 Å². The maximum atomic E-state index is 13.6. The highest BCUT2D eigenvalue weighted by molar-refractivity contribution is 5.94. The van der Waals surface area contributed by atoms with Crippen molar-refractivity contribution < 1.29 is 9.18 Å². The van der Waals surface area contributed by atoms with Crippen molar-refractivity contribution in [2.75, 3.05) is 13.1 Å². The third-order valence-electron chi connectivity index (χ3n) is 3.35. The molecule has 3 nitrogen and oxygen atoms in total. The van der Waals surface area contributed by atoms with Crippen molar-refractivity contribution in [3.8, 4) is 0 Å². The third kappa shape index (κ3) is 4.60. The highest BCUT2D eigenvalue weighted by atomic mass is 19.1. The van der Waals surface area contributed by atoms with Crippen molar-refractivity contribution in [2.24, 2.45) is 0 Å². The van der Waals surface area contributed by atoms with Crippen LogP contribution in [0.5, 0.6) is 0 Å². The van der Waals surface area contributed by atoms with E-state index in [4.69, 9.17) is 0 Å². The summed E-state index contributed by atoms with van der Waals surface area (Å²) in [4.78, 5) is 14.3. The molecule has 0 aromatic heterocycles. The standard InChI is InChI=1S/C16H25FN2O/c1-11(2)19(12(3)4)9-8-18-16(20)14-10-13(5)6-7-15(14)17/h6-7,10-12H,8-9H2,1-5H3,(H,18,20). The van der Waals surface area contributed by atoms with E-state index >= 15 is 0 Å². The van der Waals surface area contributed by atoms with Crippen molar-refractivity contribution in [1.29, 1.82) is 0 Å². The minimum absolute atomic E-state index is 0.116. The Kier molecular flexibility index (Phi) is 6.14. The van der Waals surface area contributed by atoms with E-state index in [9.17, 15) is 9.18 Å². The molecule has 1 rings (SSSR count). The number of nitrogens with zero attached hydrogens (tertiary/aromatic N) is 1. The van der Waals surface area contributed by atoms with Crippen LogP contribution in [0.15, 0.2) is 18.2 Å². The molecule has 4 heteroatoms. The minimum atomic E-state index is -0.474. The van der Waals surface area contributed by atoms with Gasteiger partial charge in [-0.25, -0.2) is 4.39 Å². The van der Waals surface area contributed by atoms with Crippen LogP contribution in [-0.2, 0) is 0 Å². The lowest BCUT2D eigenvalue weighted by Gasteiger charge is -2.30. The number of carbonyl (C=O) groups is 1. The van der Waals surface area contributed by atoms with Gasteiger partial charge in [0.05, 0.1) is 5.56 Å². The summed E-state index contributed by atoms with van der Waals surface area (Å²) in [5.41, 5.74) is 0.994. The number of hydrogen-bond acceptors (Lipinski definition) is 2. The van der Waals surface area contributed by atoms with Crippen LogP contribution >= 0.6 is 0 Å². The molecular formula is C16H25FN2O. The Bertz CT molecular complexity index is 450. The zero-order valence-electron chi connectivity index (χ0n) is 13.0. The second-order valence-corrected chi connectivity index (χ2v) is 5.66. The topological polar surface area (TPSA) is 32.3 Å². The van der Waals surface area contributed by atoms with E-state index in [1.807, 2.05) is 6.92 Å². The van der Waals surface area contributed by atoms with Gasteiger partial charge < -0.3 is 5.32 Å². The van der Waals surface area contributed by atoms with Crippen LogP contribution in [0.1, 0.15) is 43.6 Å². The number of nitrogens with one attached hydrogen (secondary N) is 1. The number of carbonyl (C=O) groups excluding carboxylic acids is 1. The monoisotopic (exact) mass is 280 g/mol. The number of amides is 1. The van der Waals surface area contributed by atoms with Gasteiger partial charge in [-0.1, -0.05) is 11.6 Å². The normalized spacial score (nSPS) is 11.4. The summed E-state index contributed by atoms with van der Waals surface area (Å²) in [6, 6.07) is 5.41. The summed E-state index contributed by atoms with van der Waals surface area (Å²) in [6.45, 7) is 11.6. The summed E-state index contributed by atoms with van der Waals surface area (Å²) in [7, 11) is 0. The number of hydrogen-bond donors (Lipinski definition) is 1. The predicted molar refractivity (Wildman–Crippen MR) is 80.4 cm³/mol. The smallest absolute Gasteiger partial charge is 0.254 e. The molecule has 0 fully saturated rings. The van der Waals surface area contributed by atoms with Crippen LogP contribution in [0, 0.1) is 12.7 Å². The summed E-state index contributed by atoms with van der Waals surface area (Å²) < 4.78 is 13.6. The third-order valence-corrected chi connectivity index (χ3v) is 3.35. The van der Waals surface area contributed by atoms with Gasteiger partial charge in [-0.05, 0) is 46.8 Å². The Labute approximate surface area is 121 Å². The molecule has 0 unspecified atom stereocenters. The molecule has 0 aliphatic heterocycles. The number of aryl methyl sites for hydroxylation is 1. The molecule has 112 valence electrons. The molecule has 0 aliphatic carbocycles.